The summed E-state index contributed by atoms with van der Waals surface area (Å²) in [6.07, 6.45) is 0.943. The van der Waals surface area contributed by atoms with Crippen molar-refractivity contribution in [2.24, 2.45) is 7.05 Å². The molecular weight excluding hydrogens is 440 g/mol. The van der Waals surface area contributed by atoms with Gasteiger partial charge in [0.25, 0.3) is 0 Å². The Balaban J connectivity index is 1.77. The monoisotopic (exact) mass is 462 g/mol. The Morgan fingerprint density at radius 1 is 1.06 bits per heavy atom. The highest BCUT2D eigenvalue weighted by atomic mass is 32.2. The van der Waals surface area contributed by atoms with Crippen molar-refractivity contribution in [3.05, 3.63) is 76.6 Å². The van der Waals surface area contributed by atoms with Crippen molar-refractivity contribution in [1.82, 2.24) is 9.29 Å². The third-order valence-electron chi connectivity index (χ3n) is 5.41. The average molecular weight is 463 g/mol. The van der Waals surface area contributed by atoms with Gasteiger partial charge in [-0.15, -0.1) is 0 Å². The summed E-state index contributed by atoms with van der Waals surface area (Å²) in [5.74, 6) is -1.11. The van der Waals surface area contributed by atoms with Gasteiger partial charge in [-0.3, -0.25) is 0 Å². The number of hydrogen-bond donors (Lipinski definition) is 2. The van der Waals surface area contributed by atoms with Crippen molar-refractivity contribution in [2.75, 3.05) is 6.54 Å². The molecule has 0 spiro atoms. The first-order valence-electron chi connectivity index (χ1n) is 10.2. The molecule has 0 atom stereocenters. The van der Waals surface area contributed by atoms with Gasteiger partial charge in [-0.1, -0.05) is 31.2 Å². The summed E-state index contributed by atoms with van der Waals surface area (Å²) in [6.45, 7) is 2.03. The number of aromatic nitrogens is 1. The van der Waals surface area contributed by atoms with Gasteiger partial charge in [-0.2, -0.15) is 10.5 Å². The Kier molecular flexibility index (Phi) is 6.98. The highest BCUT2D eigenvalue weighted by molar-refractivity contribution is 7.89. The van der Waals surface area contributed by atoms with Gasteiger partial charge in [0, 0.05) is 24.8 Å². The fraction of sp³-hybridized carbons (Fsp3) is 0.208. The third-order valence-corrected chi connectivity index (χ3v) is 6.88. The van der Waals surface area contributed by atoms with E-state index in [9.17, 15) is 23.6 Å². The maximum atomic E-state index is 12.4. The molecular formula is C24H22N4O4S. The topological polar surface area (TPSA) is 136 Å². The standard InChI is InChI=1S/C24H22N4O4S/c1-3-21-20(15-26)22(23(24(29)30)28(21)2)18-8-4-16(5-9-18)12-13-27-33(31,32)19-10-6-17(14-25)7-11-19/h4-11,27H,3,12-13H2,1-2H3,(H,29,30). The van der Waals surface area contributed by atoms with E-state index < -0.39 is 16.0 Å². The Labute approximate surface area is 192 Å². The zero-order chi connectivity index (χ0) is 24.2. The average Bonchev–Trinajstić information content (AvgIpc) is 3.10. The SMILES string of the molecule is CCc1c(C#N)c(-c2ccc(CCNS(=O)(=O)c3ccc(C#N)cc3)cc2)c(C(=O)O)n1C. The first kappa shape index (κ1) is 23.7. The molecule has 1 aromatic heterocycles. The molecule has 2 N–H and O–H groups in total. The zero-order valence-corrected chi connectivity index (χ0v) is 19.0. The van der Waals surface area contributed by atoms with Crippen LogP contribution in [0.1, 0.15) is 39.8 Å². The van der Waals surface area contributed by atoms with Gasteiger partial charge in [0.15, 0.2) is 0 Å². The summed E-state index contributed by atoms with van der Waals surface area (Å²) >= 11 is 0. The van der Waals surface area contributed by atoms with Gasteiger partial charge in [0.1, 0.15) is 11.8 Å². The van der Waals surface area contributed by atoms with Gasteiger partial charge >= 0.3 is 5.97 Å². The van der Waals surface area contributed by atoms with E-state index >= 15 is 0 Å². The molecule has 0 bridgehead atoms. The fourth-order valence-corrected chi connectivity index (χ4v) is 4.79. The molecule has 168 valence electrons. The van der Waals surface area contributed by atoms with E-state index in [0.717, 1.165) is 5.56 Å². The second kappa shape index (κ2) is 9.70. The minimum Gasteiger partial charge on any atom is -0.477 e. The maximum absolute atomic E-state index is 12.4. The van der Waals surface area contributed by atoms with Crippen molar-refractivity contribution in [2.45, 2.75) is 24.7 Å². The minimum absolute atomic E-state index is 0.0614. The second-order valence-electron chi connectivity index (χ2n) is 7.36. The number of nitrogens with zero attached hydrogens (tertiary/aromatic N) is 3. The van der Waals surface area contributed by atoms with Crippen LogP contribution in [0.3, 0.4) is 0 Å². The summed E-state index contributed by atoms with van der Waals surface area (Å²) in [5.41, 5.74) is 3.30. The summed E-state index contributed by atoms with van der Waals surface area (Å²) in [4.78, 5) is 11.9. The number of nitrogens with one attached hydrogen (secondary N) is 1. The number of sulfonamides is 1. The number of nitriles is 2. The third kappa shape index (κ3) is 4.80. The van der Waals surface area contributed by atoms with E-state index in [1.165, 1.54) is 24.3 Å². The van der Waals surface area contributed by atoms with Crippen molar-refractivity contribution in [3.63, 3.8) is 0 Å². The van der Waals surface area contributed by atoms with E-state index in [-0.39, 0.29) is 17.1 Å². The van der Waals surface area contributed by atoms with Gasteiger partial charge in [-0.25, -0.2) is 17.9 Å². The van der Waals surface area contributed by atoms with Crippen LogP contribution in [0.5, 0.6) is 0 Å². The molecule has 0 saturated heterocycles. The Morgan fingerprint density at radius 2 is 1.70 bits per heavy atom. The van der Waals surface area contributed by atoms with Crippen molar-refractivity contribution < 1.29 is 18.3 Å². The van der Waals surface area contributed by atoms with Gasteiger partial charge < -0.3 is 9.67 Å². The van der Waals surface area contributed by atoms with Crippen LogP contribution in [0.2, 0.25) is 0 Å². The Bertz CT molecular complexity index is 1370. The first-order valence-corrected chi connectivity index (χ1v) is 11.7. The van der Waals surface area contributed by atoms with Crippen LogP contribution >= 0.6 is 0 Å². The smallest absolute Gasteiger partial charge is 0.353 e. The Morgan fingerprint density at radius 3 is 2.21 bits per heavy atom. The molecule has 1 heterocycles. The highest BCUT2D eigenvalue weighted by Gasteiger charge is 2.25. The molecule has 3 rings (SSSR count). The molecule has 0 aliphatic carbocycles. The van der Waals surface area contributed by atoms with Gasteiger partial charge in [0.2, 0.25) is 10.0 Å². The number of benzene rings is 2. The quantitative estimate of drug-likeness (QED) is 0.527. The van der Waals surface area contributed by atoms with E-state index in [1.807, 2.05) is 13.0 Å². The normalized spacial score (nSPS) is 11.0. The summed E-state index contributed by atoms with van der Waals surface area (Å²) < 4.78 is 28.9. The number of aromatic carboxylic acids is 1. The van der Waals surface area contributed by atoms with Crippen molar-refractivity contribution in [3.8, 4) is 23.3 Å². The fourth-order valence-electron chi connectivity index (χ4n) is 3.76. The molecule has 8 nitrogen and oxygen atoms in total. The number of carbonyl (C=O) groups is 1. The summed E-state index contributed by atoms with van der Waals surface area (Å²) in [6, 6.07) is 16.8. The maximum Gasteiger partial charge on any atom is 0.353 e. The second-order valence-corrected chi connectivity index (χ2v) is 9.12. The van der Waals surface area contributed by atoms with Crippen LogP contribution in [0.15, 0.2) is 53.4 Å². The number of rotatable bonds is 8. The predicted octanol–water partition coefficient (Wildman–Crippen LogP) is 3.22. The number of hydrogen-bond acceptors (Lipinski definition) is 5. The lowest BCUT2D eigenvalue weighted by Crippen LogP contribution is -2.26. The van der Waals surface area contributed by atoms with Crippen molar-refractivity contribution in [1.29, 1.82) is 10.5 Å². The van der Waals surface area contributed by atoms with E-state index in [0.29, 0.717) is 40.8 Å². The van der Waals surface area contributed by atoms with E-state index in [1.54, 1.807) is 35.9 Å². The van der Waals surface area contributed by atoms with Crippen LogP contribution in [0.25, 0.3) is 11.1 Å². The molecule has 33 heavy (non-hydrogen) atoms. The minimum atomic E-state index is -3.70. The molecule has 3 aromatic rings. The lowest BCUT2D eigenvalue weighted by atomic mass is 9.98. The summed E-state index contributed by atoms with van der Waals surface area (Å²) in [5, 5.41) is 28.2. The highest BCUT2D eigenvalue weighted by Crippen LogP contribution is 2.32. The lowest BCUT2D eigenvalue weighted by molar-refractivity contribution is 0.0687. The van der Waals surface area contributed by atoms with Crippen LogP contribution in [-0.4, -0.2) is 30.6 Å². The van der Waals surface area contributed by atoms with Crippen LogP contribution in [-0.2, 0) is 29.9 Å². The number of carboxylic acids is 1. The molecule has 0 radical (unpaired) electrons. The molecule has 0 unspecified atom stereocenters. The molecule has 0 aliphatic rings. The van der Waals surface area contributed by atoms with Gasteiger partial charge in [-0.05, 0) is 48.2 Å². The van der Waals surface area contributed by atoms with Crippen LogP contribution in [0, 0.1) is 22.7 Å². The van der Waals surface area contributed by atoms with Crippen LogP contribution < -0.4 is 4.72 Å². The molecule has 0 aliphatic heterocycles. The molecule has 2 aromatic carbocycles. The number of carboxylic acid groups (broad SMARTS) is 1. The van der Waals surface area contributed by atoms with Crippen LogP contribution in [0.4, 0.5) is 0 Å². The largest absolute Gasteiger partial charge is 0.477 e. The molecule has 0 saturated carbocycles. The van der Waals surface area contributed by atoms with E-state index in [2.05, 4.69) is 10.8 Å². The first-order chi connectivity index (χ1) is 15.7. The molecule has 0 fully saturated rings. The Hall–Kier alpha value is -3.92. The lowest BCUT2D eigenvalue weighted by Gasteiger charge is -2.08. The van der Waals surface area contributed by atoms with Gasteiger partial charge in [0.05, 0.1) is 22.1 Å². The molecule has 9 heteroatoms. The predicted molar refractivity (Wildman–Crippen MR) is 122 cm³/mol. The van der Waals surface area contributed by atoms with Crippen molar-refractivity contribution >= 4 is 16.0 Å². The molecule has 0 amide bonds. The van der Waals surface area contributed by atoms with E-state index in [4.69, 9.17) is 5.26 Å². The zero-order valence-electron chi connectivity index (χ0n) is 18.2. The summed E-state index contributed by atoms with van der Waals surface area (Å²) in [7, 11) is -2.06.